The Morgan fingerprint density at radius 1 is 1.54 bits per heavy atom. The Balaban J connectivity index is 2.68. The molecule has 2 rings (SSSR count). The zero-order valence-electron chi connectivity index (χ0n) is 6.99. The predicted molar refractivity (Wildman–Crippen MR) is 51.0 cm³/mol. The van der Waals surface area contributed by atoms with Crippen molar-refractivity contribution in [3.05, 3.63) is 29.4 Å². The molecule has 1 aromatic carbocycles. The Morgan fingerprint density at radius 2 is 2.31 bits per heavy atom. The maximum Gasteiger partial charge on any atom is 0.243 e. The van der Waals surface area contributed by atoms with Gasteiger partial charge in [0.25, 0.3) is 0 Å². The van der Waals surface area contributed by atoms with Gasteiger partial charge in [0.1, 0.15) is 0 Å². The Labute approximate surface area is 79.9 Å². The molecule has 0 saturated carbocycles. The molecule has 66 valence electrons. The highest BCUT2D eigenvalue weighted by atomic mass is 35.5. The molecule has 0 fully saturated rings. The average molecular weight is 195 g/mol. The van der Waals surface area contributed by atoms with Crippen molar-refractivity contribution in [1.29, 1.82) is 0 Å². The fourth-order valence-electron chi connectivity index (χ4n) is 1.16. The minimum Gasteiger partial charge on any atom is -0.273 e. The van der Waals surface area contributed by atoms with Crippen LogP contribution < -0.4 is 0 Å². The van der Waals surface area contributed by atoms with Crippen molar-refractivity contribution in [1.82, 2.24) is 9.78 Å². The molecule has 0 aliphatic heterocycles. The van der Waals surface area contributed by atoms with Crippen molar-refractivity contribution in [2.45, 2.75) is 6.92 Å². The van der Waals surface area contributed by atoms with E-state index in [4.69, 9.17) is 11.6 Å². The number of aromatic nitrogens is 2. The molecular weight excluding hydrogens is 188 g/mol. The maximum absolute atomic E-state index is 11.0. The van der Waals surface area contributed by atoms with Gasteiger partial charge in [-0.3, -0.25) is 4.79 Å². The van der Waals surface area contributed by atoms with E-state index in [2.05, 4.69) is 5.10 Å². The molecule has 0 unspecified atom stereocenters. The summed E-state index contributed by atoms with van der Waals surface area (Å²) in [6, 6.07) is 5.32. The molecule has 0 atom stereocenters. The van der Waals surface area contributed by atoms with Crippen molar-refractivity contribution in [3.8, 4) is 0 Å². The van der Waals surface area contributed by atoms with Gasteiger partial charge in [-0.15, -0.1) is 0 Å². The molecule has 13 heavy (non-hydrogen) atoms. The lowest BCUT2D eigenvalue weighted by molar-refractivity contribution is 0.0922. The Hall–Kier alpha value is -1.35. The molecule has 0 aliphatic rings. The molecule has 0 saturated heterocycles. The van der Waals surface area contributed by atoms with Crippen LogP contribution in [-0.4, -0.2) is 15.7 Å². The summed E-state index contributed by atoms with van der Waals surface area (Å²) < 4.78 is 1.31. The smallest absolute Gasteiger partial charge is 0.243 e. The summed E-state index contributed by atoms with van der Waals surface area (Å²) in [5.41, 5.74) is 0.777. The SMILES string of the molecule is CC(=O)n1cc2cc(Cl)ccc2n1. The van der Waals surface area contributed by atoms with Gasteiger partial charge in [-0.25, -0.2) is 4.68 Å². The predicted octanol–water partition coefficient (Wildman–Crippen LogP) is 2.35. The van der Waals surface area contributed by atoms with Gasteiger partial charge in [0.05, 0.1) is 5.52 Å². The van der Waals surface area contributed by atoms with Crippen molar-refractivity contribution in [2.75, 3.05) is 0 Å². The second-order valence-electron chi connectivity index (χ2n) is 2.80. The number of halogens is 1. The number of benzene rings is 1. The van der Waals surface area contributed by atoms with E-state index in [0.717, 1.165) is 10.9 Å². The first-order valence-corrected chi connectivity index (χ1v) is 4.20. The van der Waals surface area contributed by atoms with Crippen LogP contribution in [0.5, 0.6) is 0 Å². The van der Waals surface area contributed by atoms with Crippen LogP contribution in [0.15, 0.2) is 24.4 Å². The van der Waals surface area contributed by atoms with Crippen LogP contribution in [0.2, 0.25) is 5.02 Å². The monoisotopic (exact) mass is 194 g/mol. The summed E-state index contributed by atoms with van der Waals surface area (Å²) in [4.78, 5) is 11.0. The number of nitrogens with zero attached hydrogens (tertiary/aromatic N) is 2. The summed E-state index contributed by atoms with van der Waals surface area (Å²) >= 11 is 5.79. The lowest BCUT2D eigenvalue weighted by Gasteiger charge is -1.87. The van der Waals surface area contributed by atoms with Crippen LogP contribution in [0.3, 0.4) is 0 Å². The minimum absolute atomic E-state index is 0.104. The lowest BCUT2D eigenvalue weighted by atomic mass is 10.3. The highest BCUT2D eigenvalue weighted by Gasteiger charge is 2.03. The van der Waals surface area contributed by atoms with E-state index < -0.39 is 0 Å². The summed E-state index contributed by atoms with van der Waals surface area (Å²) in [7, 11) is 0. The van der Waals surface area contributed by atoms with E-state index in [-0.39, 0.29) is 5.91 Å². The first-order valence-electron chi connectivity index (χ1n) is 3.83. The maximum atomic E-state index is 11.0. The second-order valence-corrected chi connectivity index (χ2v) is 3.23. The van der Waals surface area contributed by atoms with Gasteiger partial charge in [-0.1, -0.05) is 11.6 Å². The molecule has 1 heterocycles. The number of rotatable bonds is 0. The van der Waals surface area contributed by atoms with E-state index in [0.29, 0.717) is 5.02 Å². The molecule has 3 nitrogen and oxygen atoms in total. The quantitative estimate of drug-likeness (QED) is 0.645. The van der Waals surface area contributed by atoms with Crippen molar-refractivity contribution in [3.63, 3.8) is 0 Å². The summed E-state index contributed by atoms with van der Waals surface area (Å²) in [6.07, 6.45) is 1.67. The minimum atomic E-state index is -0.104. The largest absolute Gasteiger partial charge is 0.273 e. The van der Waals surface area contributed by atoms with Gasteiger partial charge in [-0.05, 0) is 18.2 Å². The average Bonchev–Trinajstić information content (AvgIpc) is 2.46. The molecule has 0 amide bonds. The molecule has 0 aliphatic carbocycles. The third kappa shape index (κ3) is 1.42. The van der Waals surface area contributed by atoms with Crippen LogP contribution in [0.4, 0.5) is 0 Å². The fraction of sp³-hybridized carbons (Fsp3) is 0.111. The normalized spacial score (nSPS) is 10.6. The van der Waals surface area contributed by atoms with Gasteiger partial charge in [0.2, 0.25) is 5.91 Å². The fourth-order valence-corrected chi connectivity index (χ4v) is 1.34. The van der Waals surface area contributed by atoms with Crippen molar-refractivity contribution < 1.29 is 4.79 Å². The standard InChI is InChI=1S/C9H7ClN2O/c1-6(13)12-5-7-4-8(10)2-3-9(7)11-12/h2-5H,1H3. The van der Waals surface area contributed by atoms with E-state index >= 15 is 0 Å². The molecule has 0 N–H and O–H groups in total. The highest BCUT2D eigenvalue weighted by Crippen LogP contribution is 2.17. The van der Waals surface area contributed by atoms with Crippen LogP contribution in [-0.2, 0) is 0 Å². The molecule has 0 radical (unpaired) electrons. The molecule has 4 heteroatoms. The van der Waals surface area contributed by atoms with Gasteiger partial charge < -0.3 is 0 Å². The number of hydrogen-bond acceptors (Lipinski definition) is 2. The van der Waals surface area contributed by atoms with E-state index in [1.165, 1.54) is 11.6 Å². The Bertz CT molecular complexity index is 475. The first-order chi connectivity index (χ1) is 6.16. The number of fused-ring (bicyclic) bond motifs is 1. The van der Waals surface area contributed by atoms with Crippen molar-refractivity contribution in [2.24, 2.45) is 0 Å². The summed E-state index contributed by atoms with van der Waals surface area (Å²) in [5.74, 6) is -0.104. The third-order valence-corrected chi connectivity index (χ3v) is 2.02. The van der Waals surface area contributed by atoms with Gasteiger partial charge in [-0.2, -0.15) is 5.10 Å². The Kier molecular flexibility index (Phi) is 1.81. The lowest BCUT2D eigenvalue weighted by Crippen LogP contribution is -2.04. The van der Waals surface area contributed by atoms with Crippen LogP contribution in [0.25, 0.3) is 10.9 Å². The molecule has 2 aromatic rings. The van der Waals surface area contributed by atoms with Crippen LogP contribution in [0.1, 0.15) is 11.7 Å². The number of carbonyl (C=O) groups excluding carboxylic acids is 1. The first kappa shape index (κ1) is 8.26. The summed E-state index contributed by atoms with van der Waals surface area (Å²) in [5, 5.41) is 5.59. The summed E-state index contributed by atoms with van der Waals surface area (Å²) in [6.45, 7) is 1.47. The van der Waals surface area contributed by atoms with Gasteiger partial charge >= 0.3 is 0 Å². The topological polar surface area (TPSA) is 34.9 Å². The second kappa shape index (κ2) is 2.85. The van der Waals surface area contributed by atoms with Crippen LogP contribution >= 0.6 is 11.6 Å². The molecule has 0 spiro atoms. The Morgan fingerprint density at radius 3 is 3.00 bits per heavy atom. The van der Waals surface area contributed by atoms with Crippen molar-refractivity contribution >= 4 is 28.4 Å². The molecule has 0 bridgehead atoms. The van der Waals surface area contributed by atoms with E-state index in [9.17, 15) is 4.79 Å². The molecular formula is C9H7ClN2O. The molecule has 1 aromatic heterocycles. The number of carbonyl (C=O) groups is 1. The van der Waals surface area contributed by atoms with Crippen LogP contribution in [0, 0.1) is 0 Å². The zero-order valence-corrected chi connectivity index (χ0v) is 7.75. The van der Waals surface area contributed by atoms with E-state index in [1.807, 2.05) is 0 Å². The van der Waals surface area contributed by atoms with Gasteiger partial charge in [0, 0.05) is 23.5 Å². The number of hydrogen-bond donors (Lipinski definition) is 0. The zero-order chi connectivity index (χ0) is 9.42. The van der Waals surface area contributed by atoms with Gasteiger partial charge in [0.15, 0.2) is 0 Å². The highest BCUT2D eigenvalue weighted by molar-refractivity contribution is 6.31. The van der Waals surface area contributed by atoms with E-state index in [1.54, 1.807) is 24.4 Å². The third-order valence-electron chi connectivity index (χ3n) is 1.79.